The molecule has 3 heterocycles. The second-order valence-corrected chi connectivity index (χ2v) is 8.78. The molecule has 1 aliphatic heterocycles. The number of fused-ring (bicyclic) bond motifs is 1. The third-order valence-corrected chi connectivity index (χ3v) is 6.53. The van der Waals surface area contributed by atoms with E-state index in [1.54, 1.807) is 4.90 Å². The molecule has 2 aromatic heterocycles. The highest BCUT2D eigenvalue weighted by atomic mass is 16.2. The van der Waals surface area contributed by atoms with Gasteiger partial charge in [-0.25, -0.2) is 9.78 Å². The number of aryl methyl sites for hydroxylation is 2. The third kappa shape index (κ3) is 4.07. The summed E-state index contributed by atoms with van der Waals surface area (Å²) in [5.41, 5.74) is 7.77. The summed E-state index contributed by atoms with van der Waals surface area (Å²) in [6, 6.07) is 16.9. The Balaban J connectivity index is 1.41. The molecule has 0 N–H and O–H groups in total. The number of likely N-dealkylation sites (N-methyl/N-ethyl adjacent to an activating group) is 1. The number of carbonyl (C=O) groups is 1. The Morgan fingerprint density at radius 3 is 2.53 bits per heavy atom. The van der Waals surface area contributed by atoms with Crippen molar-refractivity contribution < 1.29 is 4.79 Å². The summed E-state index contributed by atoms with van der Waals surface area (Å²) in [7, 11) is 1.85. The number of benzene rings is 2. The minimum Gasteiger partial charge on any atom is -0.326 e. The largest absolute Gasteiger partial charge is 0.326 e. The highest BCUT2D eigenvalue weighted by molar-refractivity contribution is 5.94. The third-order valence-electron chi connectivity index (χ3n) is 6.53. The predicted molar refractivity (Wildman–Crippen MR) is 137 cm³/mol. The lowest BCUT2D eigenvalue weighted by atomic mass is 10.0. The van der Waals surface area contributed by atoms with Gasteiger partial charge in [-0.3, -0.25) is 4.98 Å². The topological polar surface area (TPSA) is 54.3 Å². The van der Waals surface area contributed by atoms with E-state index in [4.69, 9.17) is 4.98 Å². The number of nitrogens with zero attached hydrogens (tertiary/aromatic N) is 5. The average molecular weight is 452 g/mol. The van der Waals surface area contributed by atoms with Crippen LogP contribution in [0.15, 0.2) is 60.9 Å². The smallest absolute Gasteiger partial charge is 0.320 e. The van der Waals surface area contributed by atoms with Gasteiger partial charge in [0.25, 0.3) is 0 Å². The number of urea groups is 1. The first-order chi connectivity index (χ1) is 16.5. The lowest BCUT2D eigenvalue weighted by Gasteiger charge is -2.15. The van der Waals surface area contributed by atoms with E-state index in [2.05, 4.69) is 78.0 Å². The standard InChI is InChI=1S/C28H29N5O/c1-4-33-25-7-5-6-23(24-18-29-15-14-20(24)2)27(25)30-26(33)13-12-21-8-10-22(11-9-21)19-32-17-16-31(3)28(32)34/h5-15,18H,4,16-17,19H2,1-3H3/b13-12+. The van der Waals surface area contributed by atoms with Gasteiger partial charge >= 0.3 is 6.03 Å². The first-order valence-electron chi connectivity index (χ1n) is 11.7. The number of pyridine rings is 1. The number of hydrogen-bond donors (Lipinski definition) is 0. The molecule has 1 fully saturated rings. The van der Waals surface area contributed by atoms with Gasteiger partial charge in [0.15, 0.2) is 0 Å². The van der Waals surface area contributed by atoms with Crippen molar-refractivity contribution in [1.82, 2.24) is 24.3 Å². The first kappa shape index (κ1) is 21.9. The summed E-state index contributed by atoms with van der Waals surface area (Å²) in [4.78, 5) is 25.1. The zero-order valence-electron chi connectivity index (χ0n) is 19.9. The van der Waals surface area contributed by atoms with Gasteiger partial charge in [-0.1, -0.05) is 42.5 Å². The molecule has 0 saturated carbocycles. The molecule has 0 unspecified atom stereocenters. The second-order valence-electron chi connectivity index (χ2n) is 8.78. The minimum atomic E-state index is 0.100. The van der Waals surface area contributed by atoms with Crippen LogP contribution in [0.2, 0.25) is 0 Å². The van der Waals surface area contributed by atoms with Crippen molar-refractivity contribution in [3.63, 3.8) is 0 Å². The lowest BCUT2D eigenvalue weighted by Crippen LogP contribution is -2.28. The highest BCUT2D eigenvalue weighted by Crippen LogP contribution is 2.31. The molecule has 0 atom stereocenters. The zero-order valence-corrected chi connectivity index (χ0v) is 19.9. The molecule has 6 heteroatoms. The highest BCUT2D eigenvalue weighted by Gasteiger charge is 2.24. The Labute approximate surface area is 200 Å². The van der Waals surface area contributed by atoms with Crippen LogP contribution < -0.4 is 0 Å². The summed E-state index contributed by atoms with van der Waals surface area (Å²) in [5, 5.41) is 0. The summed E-state index contributed by atoms with van der Waals surface area (Å²) in [6.45, 7) is 7.31. The van der Waals surface area contributed by atoms with Crippen molar-refractivity contribution in [3.8, 4) is 11.1 Å². The molecule has 6 nitrogen and oxygen atoms in total. The van der Waals surface area contributed by atoms with Gasteiger partial charge in [0, 0.05) is 56.7 Å². The molecule has 2 amide bonds. The van der Waals surface area contributed by atoms with E-state index in [1.807, 2.05) is 30.4 Å². The van der Waals surface area contributed by atoms with Gasteiger partial charge in [0.1, 0.15) is 5.82 Å². The first-order valence-corrected chi connectivity index (χ1v) is 11.7. The molecule has 0 spiro atoms. The monoisotopic (exact) mass is 451 g/mol. The number of aromatic nitrogens is 3. The van der Waals surface area contributed by atoms with E-state index < -0.39 is 0 Å². The molecular weight excluding hydrogens is 422 g/mol. The van der Waals surface area contributed by atoms with Crippen LogP contribution in [-0.2, 0) is 13.1 Å². The van der Waals surface area contributed by atoms with Crippen LogP contribution in [-0.4, -0.2) is 50.5 Å². The Kier molecular flexibility index (Phi) is 5.88. The van der Waals surface area contributed by atoms with Gasteiger partial charge in [-0.05, 0) is 48.7 Å². The Morgan fingerprint density at radius 1 is 1.00 bits per heavy atom. The van der Waals surface area contributed by atoms with Gasteiger partial charge in [0.2, 0.25) is 0 Å². The molecule has 4 aromatic rings. The molecule has 0 radical (unpaired) electrons. The van der Waals surface area contributed by atoms with Crippen LogP contribution in [0.25, 0.3) is 34.3 Å². The van der Waals surface area contributed by atoms with Crippen molar-refractivity contribution in [2.75, 3.05) is 20.1 Å². The van der Waals surface area contributed by atoms with Crippen molar-refractivity contribution in [1.29, 1.82) is 0 Å². The number of rotatable bonds is 6. The molecule has 1 saturated heterocycles. The number of amides is 2. The van der Waals surface area contributed by atoms with Gasteiger partial charge in [-0.15, -0.1) is 0 Å². The number of carbonyl (C=O) groups excluding carboxylic acids is 1. The SMILES string of the molecule is CCn1c(/C=C/c2ccc(CN3CCN(C)C3=O)cc2)nc2c(-c3cnccc3C)cccc21. The molecule has 172 valence electrons. The zero-order chi connectivity index (χ0) is 23.7. The van der Waals surface area contributed by atoms with E-state index in [9.17, 15) is 4.79 Å². The van der Waals surface area contributed by atoms with Crippen LogP contribution in [0.3, 0.4) is 0 Å². The fourth-order valence-electron chi connectivity index (χ4n) is 4.56. The number of para-hydroxylation sites is 1. The summed E-state index contributed by atoms with van der Waals surface area (Å²) >= 11 is 0. The maximum Gasteiger partial charge on any atom is 0.320 e. The quantitative estimate of drug-likeness (QED) is 0.391. The van der Waals surface area contributed by atoms with Crippen molar-refractivity contribution in [2.24, 2.45) is 0 Å². The number of imidazole rings is 1. The fourth-order valence-corrected chi connectivity index (χ4v) is 4.56. The maximum absolute atomic E-state index is 12.1. The number of hydrogen-bond acceptors (Lipinski definition) is 3. The normalized spacial score (nSPS) is 14.1. The summed E-state index contributed by atoms with van der Waals surface area (Å²) in [5.74, 6) is 0.932. The second kappa shape index (κ2) is 9.14. The molecule has 0 bridgehead atoms. The van der Waals surface area contributed by atoms with E-state index in [0.29, 0.717) is 6.54 Å². The summed E-state index contributed by atoms with van der Waals surface area (Å²) < 4.78 is 2.24. The summed E-state index contributed by atoms with van der Waals surface area (Å²) in [6.07, 6.45) is 7.92. The van der Waals surface area contributed by atoms with Crippen LogP contribution in [0.5, 0.6) is 0 Å². The molecule has 34 heavy (non-hydrogen) atoms. The minimum absolute atomic E-state index is 0.100. The Morgan fingerprint density at radius 2 is 1.82 bits per heavy atom. The van der Waals surface area contributed by atoms with Crippen LogP contribution in [0, 0.1) is 6.92 Å². The maximum atomic E-state index is 12.1. The van der Waals surface area contributed by atoms with Crippen molar-refractivity contribution in [3.05, 3.63) is 83.4 Å². The molecule has 1 aliphatic rings. The average Bonchev–Trinajstić information content (AvgIpc) is 3.38. The predicted octanol–water partition coefficient (Wildman–Crippen LogP) is 5.46. The molecular formula is C28H29N5O. The van der Waals surface area contributed by atoms with Crippen LogP contribution in [0.1, 0.15) is 29.4 Å². The molecule has 2 aromatic carbocycles. The Hall–Kier alpha value is -3.93. The van der Waals surface area contributed by atoms with Crippen molar-refractivity contribution in [2.45, 2.75) is 26.9 Å². The van der Waals surface area contributed by atoms with Gasteiger partial charge in [-0.2, -0.15) is 0 Å². The van der Waals surface area contributed by atoms with E-state index in [1.165, 1.54) is 5.56 Å². The van der Waals surface area contributed by atoms with E-state index in [0.717, 1.165) is 58.7 Å². The Bertz CT molecular complexity index is 1370. The van der Waals surface area contributed by atoms with Gasteiger partial charge < -0.3 is 14.4 Å². The fraction of sp³-hybridized carbons (Fsp3) is 0.250. The molecule has 5 rings (SSSR count). The lowest BCUT2D eigenvalue weighted by molar-refractivity contribution is 0.197. The van der Waals surface area contributed by atoms with E-state index >= 15 is 0 Å². The molecule has 0 aliphatic carbocycles. The van der Waals surface area contributed by atoms with E-state index in [-0.39, 0.29) is 6.03 Å². The van der Waals surface area contributed by atoms with Crippen molar-refractivity contribution >= 4 is 29.2 Å². The van der Waals surface area contributed by atoms with Gasteiger partial charge in [0.05, 0.1) is 11.0 Å². The van der Waals surface area contributed by atoms with Crippen LogP contribution in [0.4, 0.5) is 4.79 Å². The van der Waals surface area contributed by atoms with Crippen LogP contribution >= 0.6 is 0 Å².